The van der Waals surface area contributed by atoms with Crippen molar-refractivity contribution in [1.29, 1.82) is 0 Å². The van der Waals surface area contributed by atoms with Crippen LogP contribution < -0.4 is 5.32 Å². The molecule has 5 heteroatoms. The molecule has 1 aliphatic heterocycles. The molecule has 1 atom stereocenters. The molecule has 0 saturated carbocycles. The molecule has 1 amide bonds. The van der Waals surface area contributed by atoms with Crippen LogP contribution in [0.5, 0.6) is 0 Å². The van der Waals surface area contributed by atoms with Gasteiger partial charge in [-0.3, -0.25) is 4.79 Å². The molecule has 1 unspecified atom stereocenters. The predicted molar refractivity (Wildman–Crippen MR) is 69.9 cm³/mol. The predicted octanol–water partition coefficient (Wildman–Crippen LogP) is 1.68. The largest absolute Gasteiger partial charge is 0.467 e. The van der Waals surface area contributed by atoms with Crippen molar-refractivity contribution in [3.05, 3.63) is 59.5 Å². The van der Waals surface area contributed by atoms with Gasteiger partial charge in [0.15, 0.2) is 6.10 Å². The number of ether oxygens (including phenoxy) is 1. The van der Waals surface area contributed by atoms with Crippen molar-refractivity contribution in [2.45, 2.75) is 19.1 Å². The van der Waals surface area contributed by atoms with E-state index in [1.165, 1.54) is 0 Å². The lowest BCUT2D eigenvalue weighted by Crippen LogP contribution is -2.41. The van der Waals surface area contributed by atoms with E-state index >= 15 is 0 Å². The van der Waals surface area contributed by atoms with E-state index in [2.05, 4.69) is 5.32 Å². The molecule has 102 valence electrons. The van der Waals surface area contributed by atoms with Gasteiger partial charge in [-0.05, 0) is 23.8 Å². The molecule has 3 rings (SSSR count). The number of esters is 1. The molecule has 0 spiro atoms. The Bertz CT molecular complexity index is 633. The van der Waals surface area contributed by atoms with Crippen molar-refractivity contribution >= 4 is 11.9 Å². The second-order valence-electron chi connectivity index (χ2n) is 4.55. The van der Waals surface area contributed by atoms with Crippen LogP contribution in [0, 0.1) is 0 Å². The number of fused-ring (bicyclic) bond motifs is 1. The highest BCUT2D eigenvalue weighted by molar-refractivity contribution is 5.95. The zero-order valence-electron chi connectivity index (χ0n) is 10.7. The molecule has 0 radical (unpaired) electrons. The Balaban J connectivity index is 1.67. The Morgan fingerprint density at radius 1 is 1.25 bits per heavy atom. The first-order valence-corrected chi connectivity index (χ1v) is 6.33. The van der Waals surface area contributed by atoms with Gasteiger partial charge in [0.05, 0.1) is 18.4 Å². The van der Waals surface area contributed by atoms with Crippen LogP contribution in [0.2, 0.25) is 0 Å². The maximum absolute atomic E-state index is 12.0. The zero-order chi connectivity index (χ0) is 13.9. The molecule has 1 aromatic heterocycles. The van der Waals surface area contributed by atoms with Gasteiger partial charge < -0.3 is 14.5 Å². The highest BCUT2D eigenvalue weighted by Gasteiger charge is 2.30. The second kappa shape index (κ2) is 5.21. The molecule has 0 fully saturated rings. The SMILES string of the molecule is O=C1OC(C(=O)NCc2ccco2)Cc2ccccc21. The average Bonchev–Trinajstić information content (AvgIpc) is 2.98. The Labute approximate surface area is 115 Å². The lowest BCUT2D eigenvalue weighted by Gasteiger charge is -2.23. The maximum atomic E-state index is 12.0. The first kappa shape index (κ1) is 12.5. The summed E-state index contributed by atoms with van der Waals surface area (Å²) in [5, 5.41) is 2.70. The van der Waals surface area contributed by atoms with Crippen molar-refractivity contribution in [3.63, 3.8) is 0 Å². The Morgan fingerprint density at radius 2 is 2.10 bits per heavy atom. The van der Waals surface area contributed by atoms with E-state index in [1.807, 2.05) is 12.1 Å². The van der Waals surface area contributed by atoms with Gasteiger partial charge in [-0.2, -0.15) is 0 Å². The minimum absolute atomic E-state index is 0.279. The van der Waals surface area contributed by atoms with Crippen LogP contribution in [0.4, 0.5) is 0 Å². The van der Waals surface area contributed by atoms with Crippen LogP contribution in [0.3, 0.4) is 0 Å². The summed E-state index contributed by atoms with van der Waals surface area (Å²) in [5.74, 6) is -0.116. The summed E-state index contributed by atoms with van der Waals surface area (Å²) in [7, 11) is 0. The minimum Gasteiger partial charge on any atom is -0.467 e. The molecule has 1 aliphatic rings. The molecule has 2 aromatic rings. The summed E-state index contributed by atoms with van der Waals surface area (Å²) in [4.78, 5) is 23.8. The number of hydrogen-bond donors (Lipinski definition) is 1. The number of benzene rings is 1. The Hall–Kier alpha value is -2.56. The van der Waals surface area contributed by atoms with E-state index < -0.39 is 12.1 Å². The summed E-state index contributed by atoms with van der Waals surface area (Å²) >= 11 is 0. The maximum Gasteiger partial charge on any atom is 0.339 e. The standard InChI is InChI=1S/C15H13NO4/c17-14(16-9-11-5-3-7-19-11)13-8-10-4-1-2-6-12(10)15(18)20-13/h1-7,13H,8-9H2,(H,16,17). The summed E-state index contributed by atoms with van der Waals surface area (Å²) in [6, 6.07) is 10.7. The highest BCUT2D eigenvalue weighted by Crippen LogP contribution is 2.20. The number of furan rings is 1. The summed E-state index contributed by atoms with van der Waals surface area (Å²) < 4.78 is 10.3. The van der Waals surface area contributed by atoms with Gasteiger partial charge in [-0.25, -0.2) is 4.79 Å². The fraction of sp³-hybridized carbons (Fsp3) is 0.200. The van der Waals surface area contributed by atoms with Gasteiger partial charge in [0.1, 0.15) is 5.76 Å². The summed E-state index contributed by atoms with van der Waals surface area (Å²) in [6.07, 6.45) is 1.15. The number of carbonyl (C=O) groups is 2. The van der Waals surface area contributed by atoms with Crippen LogP contribution in [-0.2, 0) is 22.5 Å². The normalized spacial score (nSPS) is 17.2. The van der Waals surface area contributed by atoms with Crippen LogP contribution in [-0.4, -0.2) is 18.0 Å². The number of amides is 1. The molecule has 0 aliphatic carbocycles. The lowest BCUT2D eigenvalue weighted by molar-refractivity contribution is -0.130. The lowest BCUT2D eigenvalue weighted by atomic mass is 9.98. The molecule has 2 heterocycles. The third-order valence-electron chi connectivity index (χ3n) is 3.20. The third-order valence-corrected chi connectivity index (χ3v) is 3.20. The number of hydrogen-bond acceptors (Lipinski definition) is 4. The molecule has 1 N–H and O–H groups in total. The number of nitrogens with one attached hydrogen (secondary N) is 1. The fourth-order valence-electron chi connectivity index (χ4n) is 2.18. The first-order chi connectivity index (χ1) is 9.74. The quantitative estimate of drug-likeness (QED) is 0.862. The van der Waals surface area contributed by atoms with Crippen LogP contribution in [0.15, 0.2) is 47.1 Å². The van der Waals surface area contributed by atoms with Gasteiger partial charge in [-0.1, -0.05) is 18.2 Å². The Kier molecular flexibility index (Phi) is 3.25. The van der Waals surface area contributed by atoms with Gasteiger partial charge in [0.25, 0.3) is 5.91 Å². The summed E-state index contributed by atoms with van der Waals surface area (Å²) in [5.41, 5.74) is 1.37. The fourth-order valence-corrected chi connectivity index (χ4v) is 2.18. The molecule has 20 heavy (non-hydrogen) atoms. The van der Waals surface area contributed by atoms with Gasteiger partial charge in [-0.15, -0.1) is 0 Å². The van der Waals surface area contributed by atoms with Crippen molar-refractivity contribution in [2.24, 2.45) is 0 Å². The second-order valence-corrected chi connectivity index (χ2v) is 4.55. The number of carbonyl (C=O) groups excluding carboxylic acids is 2. The van der Waals surface area contributed by atoms with E-state index in [4.69, 9.17) is 9.15 Å². The first-order valence-electron chi connectivity index (χ1n) is 6.33. The molecule has 5 nitrogen and oxygen atoms in total. The topological polar surface area (TPSA) is 68.5 Å². The van der Waals surface area contributed by atoms with Gasteiger partial charge in [0.2, 0.25) is 0 Å². The van der Waals surface area contributed by atoms with E-state index in [1.54, 1.807) is 30.5 Å². The van der Waals surface area contributed by atoms with E-state index in [0.717, 1.165) is 5.56 Å². The zero-order valence-corrected chi connectivity index (χ0v) is 10.7. The van der Waals surface area contributed by atoms with Crippen LogP contribution >= 0.6 is 0 Å². The molecule has 0 saturated heterocycles. The summed E-state index contributed by atoms with van der Waals surface area (Å²) in [6.45, 7) is 0.279. The van der Waals surface area contributed by atoms with E-state index in [-0.39, 0.29) is 12.5 Å². The Morgan fingerprint density at radius 3 is 2.90 bits per heavy atom. The molecule has 1 aromatic carbocycles. The molecular formula is C15H13NO4. The molecular weight excluding hydrogens is 258 g/mol. The van der Waals surface area contributed by atoms with Crippen molar-refractivity contribution in [2.75, 3.05) is 0 Å². The highest BCUT2D eigenvalue weighted by atomic mass is 16.5. The van der Waals surface area contributed by atoms with Gasteiger partial charge >= 0.3 is 5.97 Å². The molecule has 0 bridgehead atoms. The van der Waals surface area contributed by atoms with Crippen molar-refractivity contribution < 1.29 is 18.7 Å². The van der Waals surface area contributed by atoms with Gasteiger partial charge in [0, 0.05) is 6.42 Å². The smallest absolute Gasteiger partial charge is 0.339 e. The van der Waals surface area contributed by atoms with Crippen LogP contribution in [0.1, 0.15) is 21.7 Å². The third kappa shape index (κ3) is 2.42. The number of rotatable bonds is 3. The van der Waals surface area contributed by atoms with E-state index in [9.17, 15) is 9.59 Å². The van der Waals surface area contributed by atoms with Crippen molar-refractivity contribution in [1.82, 2.24) is 5.32 Å². The number of cyclic esters (lactones) is 1. The monoisotopic (exact) mass is 271 g/mol. The average molecular weight is 271 g/mol. The van der Waals surface area contributed by atoms with E-state index in [0.29, 0.717) is 17.7 Å². The van der Waals surface area contributed by atoms with Crippen LogP contribution in [0.25, 0.3) is 0 Å². The van der Waals surface area contributed by atoms with Crippen molar-refractivity contribution in [3.8, 4) is 0 Å². The minimum atomic E-state index is -0.785.